The molecule has 1 unspecified atom stereocenters. The van der Waals surface area contributed by atoms with Gasteiger partial charge in [0.2, 0.25) is 0 Å². The van der Waals surface area contributed by atoms with Crippen molar-refractivity contribution in [2.24, 2.45) is 19.8 Å². The van der Waals surface area contributed by atoms with E-state index in [2.05, 4.69) is 9.97 Å². The lowest BCUT2D eigenvalue weighted by Gasteiger charge is -2.11. The Hall–Kier alpha value is -1.62. The van der Waals surface area contributed by atoms with Crippen molar-refractivity contribution >= 4 is 0 Å². The van der Waals surface area contributed by atoms with E-state index >= 15 is 0 Å². The van der Waals surface area contributed by atoms with Crippen molar-refractivity contribution in [3.63, 3.8) is 0 Å². The maximum Gasteiger partial charge on any atom is 0.131 e. The van der Waals surface area contributed by atoms with E-state index in [1.165, 1.54) is 0 Å². The molecule has 2 heterocycles. The zero-order valence-corrected chi connectivity index (χ0v) is 8.25. The minimum atomic E-state index is -0.220. The molecule has 0 fully saturated rings. The van der Waals surface area contributed by atoms with Gasteiger partial charge in [-0.1, -0.05) is 0 Å². The molecule has 14 heavy (non-hydrogen) atoms. The topological polar surface area (TPSA) is 61.7 Å². The molecular formula is C9H13N5. The van der Waals surface area contributed by atoms with Crippen LogP contribution in [0.15, 0.2) is 24.9 Å². The molecule has 0 aliphatic rings. The first-order chi connectivity index (χ1) is 6.70. The summed E-state index contributed by atoms with van der Waals surface area (Å²) >= 11 is 0. The first kappa shape index (κ1) is 8.96. The second kappa shape index (κ2) is 3.26. The van der Waals surface area contributed by atoms with Gasteiger partial charge in [0.15, 0.2) is 0 Å². The summed E-state index contributed by atoms with van der Waals surface area (Å²) in [6, 6.07) is -0.220. The van der Waals surface area contributed by atoms with Crippen LogP contribution in [0.2, 0.25) is 0 Å². The van der Waals surface area contributed by atoms with E-state index < -0.39 is 0 Å². The van der Waals surface area contributed by atoms with Gasteiger partial charge in [-0.2, -0.15) is 0 Å². The van der Waals surface area contributed by atoms with Crippen LogP contribution in [-0.2, 0) is 14.1 Å². The quantitative estimate of drug-likeness (QED) is 0.737. The summed E-state index contributed by atoms with van der Waals surface area (Å²) in [7, 11) is 3.85. The zero-order valence-electron chi connectivity index (χ0n) is 8.25. The predicted molar refractivity (Wildman–Crippen MR) is 52.4 cm³/mol. The summed E-state index contributed by atoms with van der Waals surface area (Å²) in [4.78, 5) is 8.24. The fourth-order valence-electron chi connectivity index (χ4n) is 1.48. The number of nitrogens with two attached hydrogens (primary N) is 1. The van der Waals surface area contributed by atoms with Crippen molar-refractivity contribution < 1.29 is 0 Å². The lowest BCUT2D eigenvalue weighted by molar-refractivity contribution is 0.668. The number of rotatable bonds is 2. The van der Waals surface area contributed by atoms with Gasteiger partial charge in [-0.3, -0.25) is 0 Å². The molecule has 0 radical (unpaired) electrons. The van der Waals surface area contributed by atoms with Crippen molar-refractivity contribution in [3.05, 3.63) is 36.4 Å². The lowest BCUT2D eigenvalue weighted by atomic mass is 10.2. The van der Waals surface area contributed by atoms with Crippen LogP contribution in [0.4, 0.5) is 0 Å². The Labute approximate surface area is 82.2 Å². The number of aryl methyl sites for hydroxylation is 2. The van der Waals surface area contributed by atoms with Gasteiger partial charge in [0, 0.05) is 26.5 Å². The Morgan fingerprint density at radius 1 is 1.36 bits per heavy atom. The van der Waals surface area contributed by atoms with Gasteiger partial charge in [-0.15, -0.1) is 0 Å². The van der Waals surface area contributed by atoms with E-state index in [1.54, 1.807) is 18.7 Å². The van der Waals surface area contributed by atoms with Crippen LogP contribution < -0.4 is 5.73 Å². The monoisotopic (exact) mass is 191 g/mol. The molecule has 0 amide bonds. The molecule has 5 nitrogen and oxygen atoms in total. The minimum absolute atomic E-state index is 0.220. The Balaban J connectivity index is 2.38. The smallest absolute Gasteiger partial charge is 0.131 e. The highest BCUT2D eigenvalue weighted by Crippen LogP contribution is 2.15. The lowest BCUT2D eigenvalue weighted by Crippen LogP contribution is -2.19. The molecular weight excluding hydrogens is 178 g/mol. The standard InChI is InChI=1S/C9H13N5/c1-13-4-3-12-9(13)8(10)7-5-11-6-14(7)2/h3-6,8H,10H2,1-2H3. The fourth-order valence-corrected chi connectivity index (χ4v) is 1.48. The van der Waals surface area contributed by atoms with Crippen LogP contribution in [0.1, 0.15) is 17.6 Å². The number of nitrogens with zero attached hydrogens (tertiary/aromatic N) is 4. The maximum absolute atomic E-state index is 6.06. The van der Waals surface area contributed by atoms with Crippen molar-refractivity contribution in [2.75, 3.05) is 0 Å². The molecule has 0 aliphatic heterocycles. The average Bonchev–Trinajstić information content (AvgIpc) is 2.73. The summed E-state index contributed by atoms with van der Waals surface area (Å²) in [5.74, 6) is 0.841. The molecule has 2 rings (SSSR count). The number of hydrogen-bond donors (Lipinski definition) is 1. The zero-order chi connectivity index (χ0) is 10.1. The van der Waals surface area contributed by atoms with Crippen molar-refractivity contribution in [3.8, 4) is 0 Å². The summed E-state index contributed by atoms with van der Waals surface area (Å²) in [6.45, 7) is 0. The highest BCUT2D eigenvalue weighted by molar-refractivity contribution is 5.15. The number of hydrogen-bond acceptors (Lipinski definition) is 3. The average molecular weight is 191 g/mol. The molecule has 0 spiro atoms. The van der Waals surface area contributed by atoms with Gasteiger partial charge in [0.05, 0.1) is 18.2 Å². The van der Waals surface area contributed by atoms with Gasteiger partial charge in [0.25, 0.3) is 0 Å². The predicted octanol–water partition coefficient (Wildman–Crippen LogP) is 0.202. The number of aromatic nitrogens is 4. The molecule has 0 saturated carbocycles. The highest BCUT2D eigenvalue weighted by atomic mass is 15.1. The molecule has 5 heteroatoms. The summed E-state index contributed by atoms with van der Waals surface area (Å²) < 4.78 is 3.82. The molecule has 0 saturated heterocycles. The third-order valence-corrected chi connectivity index (χ3v) is 2.31. The van der Waals surface area contributed by atoms with Gasteiger partial charge in [-0.05, 0) is 0 Å². The summed E-state index contributed by atoms with van der Waals surface area (Å²) in [5, 5.41) is 0. The molecule has 0 aliphatic carbocycles. The first-order valence-electron chi connectivity index (χ1n) is 4.39. The Bertz CT molecular complexity index is 388. The van der Waals surface area contributed by atoms with E-state index in [0.29, 0.717) is 0 Å². The third kappa shape index (κ3) is 1.31. The van der Waals surface area contributed by atoms with E-state index in [4.69, 9.17) is 5.73 Å². The normalized spacial score (nSPS) is 13.1. The van der Waals surface area contributed by atoms with Crippen LogP contribution in [0.5, 0.6) is 0 Å². The van der Waals surface area contributed by atoms with Gasteiger partial charge in [-0.25, -0.2) is 9.97 Å². The van der Waals surface area contributed by atoms with Crippen LogP contribution in [0.25, 0.3) is 0 Å². The van der Waals surface area contributed by atoms with E-state index in [1.807, 2.05) is 29.4 Å². The highest BCUT2D eigenvalue weighted by Gasteiger charge is 2.15. The summed E-state index contributed by atoms with van der Waals surface area (Å²) in [6.07, 6.45) is 7.12. The first-order valence-corrected chi connectivity index (χ1v) is 4.39. The SMILES string of the molecule is Cn1cncc1C(N)c1nccn1C. The Morgan fingerprint density at radius 2 is 2.14 bits per heavy atom. The van der Waals surface area contributed by atoms with E-state index in [9.17, 15) is 0 Å². The fraction of sp³-hybridized carbons (Fsp3) is 0.333. The molecule has 2 aromatic heterocycles. The van der Waals surface area contributed by atoms with Crippen molar-refractivity contribution in [1.29, 1.82) is 0 Å². The van der Waals surface area contributed by atoms with E-state index in [-0.39, 0.29) is 6.04 Å². The molecule has 2 aromatic rings. The van der Waals surface area contributed by atoms with Gasteiger partial charge < -0.3 is 14.9 Å². The maximum atomic E-state index is 6.06. The van der Waals surface area contributed by atoms with Crippen LogP contribution in [0, 0.1) is 0 Å². The van der Waals surface area contributed by atoms with Gasteiger partial charge in [0.1, 0.15) is 11.9 Å². The van der Waals surface area contributed by atoms with Crippen molar-refractivity contribution in [1.82, 2.24) is 19.1 Å². The van der Waals surface area contributed by atoms with Crippen LogP contribution >= 0.6 is 0 Å². The van der Waals surface area contributed by atoms with Crippen LogP contribution in [0.3, 0.4) is 0 Å². The van der Waals surface area contributed by atoms with Crippen molar-refractivity contribution in [2.45, 2.75) is 6.04 Å². The molecule has 2 N–H and O–H groups in total. The number of imidazole rings is 2. The molecule has 0 bridgehead atoms. The second-order valence-electron chi connectivity index (χ2n) is 3.30. The third-order valence-electron chi connectivity index (χ3n) is 2.31. The van der Waals surface area contributed by atoms with Crippen LogP contribution in [-0.4, -0.2) is 19.1 Å². The second-order valence-corrected chi connectivity index (χ2v) is 3.30. The minimum Gasteiger partial charge on any atom is -0.336 e. The molecule has 0 aromatic carbocycles. The van der Waals surface area contributed by atoms with Gasteiger partial charge >= 0.3 is 0 Å². The Kier molecular flexibility index (Phi) is 2.09. The molecule has 74 valence electrons. The van der Waals surface area contributed by atoms with E-state index in [0.717, 1.165) is 11.5 Å². The summed E-state index contributed by atoms with van der Waals surface area (Å²) in [5.41, 5.74) is 7.02. The molecule has 1 atom stereocenters. The largest absolute Gasteiger partial charge is 0.336 e. The Morgan fingerprint density at radius 3 is 2.64 bits per heavy atom.